The third-order valence-electron chi connectivity index (χ3n) is 3.22. The van der Waals surface area contributed by atoms with Gasteiger partial charge >= 0.3 is 6.18 Å². The van der Waals surface area contributed by atoms with E-state index in [2.05, 4.69) is 10.6 Å². The van der Waals surface area contributed by atoms with Crippen LogP contribution >= 0.6 is 0 Å². The molecule has 0 aromatic heterocycles. The minimum absolute atomic E-state index is 0.255. The van der Waals surface area contributed by atoms with Crippen molar-refractivity contribution in [3.05, 3.63) is 53.6 Å². The van der Waals surface area contributed by atoms with Crippen LogP contribution in [0.25, 0.3) is 0 Å². The average molecular weight is 279 g/mol. The van der Waals surface area contributed by atoms with Crippen molar-refractivity contribution in [2.75, 3.05) is 16.4 Å². The number of hydrogen-bond donors (Lipinski definition) is 3. The molecule has 2 aromatic rings. The van der Waals surface area contributed by atoms with Gasteiger partial charge in [0.2, 0.25) is 0 Å². The number of hydrogen-bond acceptors (Lipinski definition) is 3. The van der Waals surface area contributed by atoms with Crippen molar-refractivity contribution in [1.29, 1.82) is 0 Å². The Hall–Kier alpha value is -2.37. The average Bonchev–Trinajstić information content (AvgIpc) is 2.81. The van der Waals surface area contributed by atoms with Crippen LogP contribution in [0.3, 0.4) is 0 Å². The molecule has 0 fully saturated rings. The molecule has 2 aromatic carbocycles. The van der Waals surface area contributed by atoms with Crippen LogP contribution in [0.4, 0.5) is 30.2 Å². The monoisotopic (exact) mass is 279 g/mol. The molecule has 3 nitrogen and oxygen atoms in total. The number of fused-ring (bicyclic) bond motifs is 1. The summed E-state index contributed by atoms with van der Waals surface area (Å²) in [5, 5.41) is 6.16. The van der Waals surface area contributed by atoms with E-state index in [9.17, 15) is 13.2 Å². The molecule has 1 aliphatic rings. The van der Waals surface area contributed by atoms with Crippen molar-refractivity contribution in [1.82, 2.24) is 0 Å². The molecule has 0 amide bonds. The summed E-state index contributed by atoms with van der Waals surface area (Å²) in [5.41, 5.74) is 7.60. The number of rotatable bonds is 1. The van der Waals surface area contributed by atoms with Crippen molar-refractivity contribution < 1.29 is 13.2 Å². The fourth-order valence-electron chi connectivity index (χ4n) is 2.17. The molecule has 0 bridgehead atoms. The largest absolute Gasteiger partial charge is 0.416 e. The van der Waals surface area contributed by atoms with E-state index in [0.29, 0.717) is 17.1 Å². The smallest absolute Gasteiger partial charge is 0.399 e. The minimum Gasteiger partial charge on any atom is -0.399 e. The molecule has 1 atom stereocenters. The molecule has 0 radical (unpaired) electrons. The summed E-state index contributed by atoms with van der Waals surface area (Å²) in [6.07, 6.45) is -4.59. The molecule has 0 saturated carbocycles. The quantitative estimate of drug-likeness (QED) is 0.695. The summed E-state index contributed by atoms with van der Waals surface area (Å²) < 4.78 is 38.0. The van der Waals surface area contributed by atoms with Crippen molar-refractivity contribution in [3.8, 4) is 0 Å². The van der Waals surface area contributed by atoms with Gasteiger partial charge in [-0.3, -0.25) is 0 Å². The molecular formula is C14H12F3N3. The first-order valence-corrected chi connectivity index (χ1v) is 6.03. The number of nitrogens with two attached hydrogens (primary N) is 1. The fraction of sp³-hybridized carbons (Fsp3) is 0.143. The molecule has 0 aliphatic carbocycles. The van der Waals surface area contributed by atoms with Gasteiger partial charge < -0.3 is 16.4 Å². The predicted octanol–water partition coefficient (Wildman–Crippen LogP) is 3.82. The molecular weight excluding hydrogens is 267 g/mol. The van der Waals surface area contributed by atoms with Crippen molar-refractivity contribution in [2.45, 2.75) is 12.3 Å². The second-order valence-electron chi connectivity index (χ2n) is 4.65. The molecule has 20 heavy (non-hydrogen) atoms. The standard InChI is InChI=1S/C14H12F3N3/c15-14(16,17)9-3-6-11-12(7-9)20-13(19-11)8-1-4-10(18)5-2-8/h1-7,13,19-20H,18H2. The second-order valence-corrected chi connectivity index (χ2v) is 4.65. The number of alkyl halides is 3. The van der Waals surface area contributed by atoms with Gasteiger partial charge in [0.25, 0.3) is 0 Å². The Morgan fingerprint density at radius 1 is 0.900 bits per heavy atom. The van der Waals surface area contributed by atoms with Gasteiger partial charge in [0.1, 0.15) is 6.17 Å². The highest BCUT2D eigenvalue weighted by Gasteiger charge is 2.32. The SMILES string of the molecule is Nc1ccc(C2Nc3ccc(C(F)(F)F)cc3N2)cc1. The van der Waals surface area contributed by atoms with Gasteiger partial charge in [0, 0.05) is 5.69 Å². The van der Waals surface area contributed by atoms with Gasteiger partial charge in [-0.2, -0.15) is 13.2 Å². The third-order valence-corrected chi connectivity index (χ3v) is 3.22. The highest BCUT2D eigenvalue weighted by molar-refractivity contribution is 5.76. The summed E-state index contributed by atoms with van der Waals surface area (Å²) in [6, 6.07) is 10.8. The lowest BCUT2D eigenvalue weighted by Crippen LogP contribution is -2.11. The van der Waals surface area contributed by atoms with E-state index >= 15 is 0 Å². The van der Waals surface area contributed by atoms with E-state index in [1.165, 1.54) is 6.07 Å². The summed E-state index contributed by atoms with van der Waals surface area (Å²) in [6.45, 7) is 0. The topological polar surface area (TPSA) is 50.1 Å². The first kappa shape index (κ1) is 12.7. The second kappa shape index (κ2) is 4.33. The normalized spacial score (nSPS) is 17.2. The Balaban J connectivity index is 1.87. The van der Waals surface area contributed by atoms with Crippen molar-refractivity contribution in [3.63, 3.8) is 0 Å². The molecule has 0 saturated heterocycles. The summed E-state index contributed by atoms with van der Waals surface area (Å²) in [4.78, 5) is 0. The zero-order chi connectivity index (χ0) is 14.3. The van der Waals surface area contributed by atoms with E-state index in [0.717, 1.165) is 17.7 Å². The first-order valence-electron chi connectivity index (χ1n) is 6.03. The Bertz CT molecular complexity index is 635. The van der Waals surface area contributed by atoms with Crippen molar-refractivity contribution in [2.24, 2.45) is 0 Å². The van der Waals surface area contributed by atoms with E-state index in [4.69, 9.17) is 5.73 Å². The molecule has 6 heteroatoms. The lowest BCUT2D eigenvalue weighted by Gasteiger charge is -2.12. The van der Waals surface area contributed by atoms with E-state index in [-0.39, 0.29) is 6.17 Å². The molecule has 1 aliphatic heterocycles. The van der Waals surface area contributed by atoms with Gasteiger partial charge in [0.15, 0.2) is 0 Å². The molecule has 4 N–H and O–H groups in total. The van der Waals surface area contributed by atoms with Crippen LogP contribution < -0.4 is 16.4 Å². The molecule has 1 unspecified atom stereocenters. The van der Waals surface area contributed by atoms with Crippen LogP contribution in [0.2, 0.25) is 0 Å². The number of halogens is 3. The lowest BCUT2D eigenvalue weighted by atomic mass is 10.1. The van der Waals surface area contributed by atoms with Gasteiger partial charge in [0.05, 0.1) is 16.9 Å². The van der Waals surface area contributed by atoms with Gasteiger partial charge in [-0.05, 0) is 35.9 Å². The fourth-order valence-corrected chi connectivity index (χ4v) is 2.17. The van der Waals surface area contributed by atoms with Crippen LogP contribution in [0, 0.1) is 0 Å². The molecule has 104 valence electrons. The predicted molar refractivity (Wildman–Crippen MR) is 72.3 cm³/mol. The maximum absolute atomic E-state index is 12.7. The maximum Gasteiger partial charge on any atom is 0.416 e. The zero-order valence-corrected chi connectivity index (χ0v) is 10.3. The first-order chi connectivity index (χ1) is 9.43. The molecule has 1 heterocycles. The van der Waals surface area contributed by atoms with Crippen LogP contribution in [-0.2, 0) is 6.18 Å². The number of nitrogens with one attached hydrogen (secondary N) is 2. The van der Waals surface area contributed by atoms with E-state index in [1.807, 2.05) is 12.1 Å². The third kappa shape index (κ3) is 2.24. The number of anilines is 3. The maximum atomic E-state index is 12.7. The van der Waals surface area contributed by atoms with Gasteiger partial charge in [-0.1, -0.05) is 12.1 Å². The van der Waals surface area contributed by atoms with Crippen LogP contribution in [0.5, 0.6) is 0 Å². The summed E-state index contributed by atoms with van der Waals surface area (Å²) in [7, 11) is 0. The van der Waals surface area contributed by atoms with Crippen LogP contribution in [0.15, 0.2) is 42.5 Å². The Kier molecular flexibility index (Phi) is 2.74. The van der Waals surface area contributed by atoms with Gasteiger partial charge in [-0.15, -0.1) is 0 Å². The molecule has 0 spiro atoms. The Labute approximate surface area is 113 Å². The van der Waals surface area contributed by atoms with Gasteiger partial charge in [-0.25, -0.2) is 0 Å². The highest BCUT2D eigenvalue weighted by atomic mass is 19.4. The number of benzene rings is 2. The number of nitrogen functional groups attached to an aromatic ring is 1. The zero-order valence-electron chi connectivity index (χ0n) is 10.3. The van der Waals surface area contributed by atoms with Crippen LogP contribution in [-0.4, -0.2) is 0 Å². The minimum atomic E-state index is -4.34. The lowest BCUT2D eigenvalue weighted by molar-refractivity contribution is -0.137. The Morgan fingerprint density at radius 3 is 2.20 bits per heavy atom. The van der Waals surface area contributed by atoms with Crippen molar-refractivity contribution >= 4 is 17.1 Å². The Morgan fingerprint density at radius 2 is 1.55 bits per heavy atom. The summed E-state index contributed by atoms with van der Waals surface area (Å²) >= 11 is 0. The van der Waals surface area contributed by atoms with Crippen LogP contribution in [0.1, 0.15) is 17.3 Å². The van der Waals surface area contributed by atoms with E-state index in [1.54, 1.807) is 12.1 Å². The molecule has 3 rings (SSSR count). The summed E-state index contributed by atoms with van der Waals surface area (Å²) in [5.74, 6) is 0. The van der Waals surface area contributed by atoms with E-state index < -0.39 is 11.7 Å². The highest BCUT2D eigenvalue weighted by Crippen LogP contribution is 2.39.